The van der Waals surface area contributed by atoms with Crippen molar-refractivity contribution in [2.24, 2.45) is 0 Å². The highest BCUT2D eigenvalue weighted by Crippen LogP contribution is 2.36. The van der Waals surface area contributed by atoms with Crippen LogP contribution in [-0.2, 0) is 4.74 Å². The Morgan fingerprint density at radius 2 is 1.92 bits per heavy atom. The average Bonchev–Trinajstić information content (AvgIpc) is 2.96. The topological polar surface area (TPSA) is 88.1 Å². The van der Waals surface area contributed by atoms with Gasteiger partial charge in [-0.05, 0) is 24.3 Å². The summed E-state index contributed by atoms with van der Waals surface area (Å²) in [6.45, 7) is 0. The standard InChI is InChI=1S/C17H17N3O4/c1-22-11-4-5-12(13(9-11)23-2)15-16(18)20-7-6-10(17(21)24-3)8-14(20)19-15/h4-9H,18H2,1-3H3. The highest BCUT2D eigenvalue weighted by Gasteiger charge is 2.17. The molecule has 0 fully saturated rings. The summed E-state index contributed by atoms with van der Waals surface area (Å²) in [6, 6.07) is 8.66. The van der Waals surface area contributed by atoms with Crippen LogP contribution < -0.4 is 15.2 Å². The fourth-order valence-electron chi connectivity index (χ4n) is 2.50. The number of nitrogens with zero attached hydrogens (tertiary/aromatic N) is 2. The number of anilines is 1. The zero-order chi connectivity index (χ0) is 17.3. The van der Waals surface area contributed by atoms with Crippen LogP contribution in [-0.4, -0.2) is 36.7 Å². The predicted octanol–water partition coefficient (Wildman–Crippen LogP) is 2.39. The SMILES string of the molecule is COC(=O)c1ccn2c(N)c(-c3ccc(OC)cc3OC)nc2c1. The molecule has 24 heavy (non-hydrogen) atoms. The fourth-order valence-corrected chi connectivity index (χ4v) is 2.50. The van der Waals surface area contributed by atoms with E-state index in [4.69, 9.17) is 19.9 Å². The summed E-state index contributed by atoms with van der Waals surface area (Å²) in [4.78, 5) is 16.2. The molecule has 7 heteroatoms. The van der Waals surface area contributed by atoms with Gasteiger partial charge < -0.3 is 19.9 Å². The van der Waals surface area contributed by atoms with E-state index in [-0.39, 0.29) is 0 Å². The smallest absolute Gasteiger partial charge is 0.338 e. The van der Waals surface area contributed by atoms with E-state index < -0.39 is 5.97 Å². The summed E-state index contributed by atoms with van der Waals surface area (Å²) < 4.78 is 17.0. The molecule has 0 atom stereocenters. The first-order valence-electron chi connectivity index (χ1n) is 7.17. The van der Waals surface area contributed by atoms with E-state index in [1.165, 1.54) is 7.11 Å². The summed E-state index contributed by atoms with van der Waals surface area (Å²) in [5, 5.41) is 0. The zero-order valence-electron chi connectivity index (χ0n) is 13.6. The fraction of sp³-hybridized carbons (Fsp3) is 0.176. The van der Waals surface area contributed by atoms with Gasteiger partial charge >= 0.3 is 5.97 Å². The first kappa shape index (κ1) is 15.7. The zero-order valence-corrected chi connectivity index (χ0v) is 13.6. The molecule has 0 unspecified atom stereocenters. The normalized spacial score (nSPS) is 10.6. The van der Waals surface area contributed by atoms with Gasteiger partial charge in [0.15, 0.2) is 0 Å². The number of hydrogen-bond donors (Lipinski definition) is 1. The molecular formula is C17H17N3O4. The average molecular weight is 327 g/mol. The summed E-state index contributed by atoms with van der Waals surface area (Å²) in [5.41, 5.74) is 8.47. The van der Waals surface area contributed by atoms with Crippen molar-refractivity contribution in [2.75, 3.05) is 27.1 Å². The molecule has 7 nitrogen and oxygen atoms in total. The van der Waals surface area contributed by atoms with Gasteiger partial charge in [0.25, 0.3) is 0 Å². The van der Waals surface area contributed by atoms with Crippen LogP contribution in [0, 0.1) is 0 Å². The Hall–Kier alpha value is -3.22. The van der Waals surface area contributed by atoms with Crippen LogP contribution in [0.4, 0.5) is 5.82 Å². The molecular weight excluding hydrogens is 310 g/mol. The predicted molar refractivity (Wildman–Crippen MR) is 89.5 cm³/mol. The number of nitrogen functional groups attached to an aromatic ring is 1. The largest absolute Gasteiger partial charge is 0.497 e. The maximum Gasteiger partial charge on any atom is 0.338 e. The van der Waals surface area contributed by atoms with Crippen LogP contribution in [0.5, 0.6) is 11.5 Å². The first-order valence-corrected chi connectivity index (χ1v) is 7.17. The van der Waals surface area contributed by atoms with Crippen molar-refractivity contribution in [1.82, 2.24) is 9.38 Å². The number of carbonyl (C=O) groups excluding carboxylic acids is 1. The molecule has 2 heterocycles. The van der Waals surface area contributed by atoms with Crippen molar-refractivity contribution >= 4 is 17.4 Å². The Balaban J connectivity index is 2.17. The molecule has 0 amide bonds. The molecule has 0 aliphatic heterocycles. The monoisotopic (exact) mass is 327 g/mol. The maximum atomic E-state index is 11.7. The Morgan fingerprint density at radius 1 is 1.12 bits per heavy atom. The third-order valence-electron chi connectivity index (χ3n) is 3.75. The lowest BCUT2D eigenvalue weighted by molar-refractivity contribution is 0.0600. The van der Waals surface area contributed by atoms with Crippen molar-refractivity contribution in [1.29, 1.82) is 0 Å². The van der Waals surface area contributed by atoms with Gasteiger partial charge in [-0.1, -0.05) is 0 Å². The highest BCUT2D eigenvalue weighted by molar-refractivity contribution is 5.91. The van der Waals surface area contributed by atoms with E-state index in [9.17, 15) is 4.79 Å². The second-order valence-corrected chi connectivity index (χ2v) is 5.05. The van der Waals surface area contributed by atoms with Crippen LogP contribution in [0.3, 0.4) is 0 Å². The summed E-state index contributed by atoms with van der Waals surface area (Å²) >= 11 is 0. The Bertz CT molecular complexity index is 918. The van der Waals surface area contributed by atoms with Gasteiger partial charge in [0.1, 0.15) is 28.7 Å². The number of benzene rings is 1. The van der Waals surface area contributed by atoms with Crippen molar-refractivity contribution in [3.05, 3.63) is 42.1 Å². The third-order valence-corrected chi connectivity index (χ3v) is 3.75. The highest BCUT2D eigenvalue weighted by atomic mass is 16.5. The molecule has 124 valence electrons. The molecule has 0 bridgehead atoms. The minimum absolute atomic E-state index is 0.406. The number of ether oxygens (including phenoxy) is 3. The number of rotatable bonds is 4. The second kappa shape index (κ2) is 6.11. The number of imidazole rings is 1. The Kier molecular flexibility index (Phi) is 3.99. The Labute approximate surface area is 138 Å². The van der Waals surface area contributed by atoms with Crippen molar-refractivity contribution < 1.29 is 19.0 Å². The third kappa shape index (κ3) is 2.50. The van der Waals surface area contributed by atoms with Gasteiger partial charge in [0.05, 0.1) is 26.9 Å². The number of carbonyl (C=O) groups is 1. The number of aromatic nitrogens is 2. The van der Waals surface area contributed by atoms with Crippen LogP contribution in [0.25, 0.3) is 16.9 Å². The van der Waals surface area contributed by atoms with E-state index in [0.717, 1.165) is 5.56 Å². The van der Waals surface area contributed by atoms with Gasteiger partial charge in [-0.15, -0.1) is 0 Å². The lowest BCUT2D eigenvalue weighted by Gasteiger charge is -2.09. The molecule has 3 rings (SSSR count). The Morgan fingerprint density at radius 3 is 2.58 bits per heavy atom. The van der Waals surface area contributed by atoms with E-state index in [1.54, 1.807) is 49.1 Å². The van der Waals surface area contributed by atoms with Crippen LogP contribution in [0.1, 0.15) is 10.4 Å². The number of pyridine rings is 1. The molecule has 0 saturated carbocycles. The van der Waals surface area contributed by atoms with E-state index >= 15 is 0 Å². The van der Waals surface area contributed by atoms with Gasteiger partial charge in [0.2, 0.25) is 0 Å². The molecule has 1 aromatic carbocycles. The van der Waals surface area contributed by atoms with Crippen LogP contribution in [0.2, 0.25) is 0 Å². The van der Waals surface area contributed by atoms with E-state index in [2.05, 4.69) is 4.98 Å². The summed E-state index contributed by atoms with van der Waals surface area (Å²) in [6.07, 6.45) is 1.68. The number of fused-ring (bicyclic) bond motifs is 1. The van der Waals surface area contributed by atoms with Gasteiger partial charge in [-0.25, -0.2) is 9.78 Å². The van der Waals surface area contributed by atoms with E-state index in [0.29, 0.717) is 34.2 Å². The van der Waals surface area contributed by atoms with Crippen molar-refractivity contribution in [3.63, 3.8) is 0 Å². The number of esters is 1. The lowest BCUT2D eigenvalue weighted by Crippen LogP contribution is -2.02. The maximum absolute atomic E-state index is 11.7. The minimum Gasteiger partial charge on any atom is -0.497 e. The number of methoxy groups -OCH3 is 3. The number of nitrogens with two attached hydrogens (primary N) is 1. The molecule has 0 radical (unpaired) electrons. The second-order valence-electron chi connectivity index (χ2n) is 5.05. The van der Waals surface area contributed by atoms with Gasteiger partial charge in [-0.3, -0.25) is 4.40 Å². The minimum atomic E-state index is -0.428. The molecule has 0 saturated heterocycles. The summed E-state index contributed by atoms with van der Waals surface area (Å²) in [7, 11) is 4.49. The van der Waals surface area contributed by atoms with Gasteiger partial charge in [0, 0.05) is 17.8 Å². The molecule has 0 aliphatic carbocycles. The molecule has 0 aliphatic rings. The van der Waals surface area contributed by atoms with Crippen LogP contribution >= 0.6 is 0 Å². The lowest BCUT2D eigenvalue weighted by atomic mass is 10.1. The van der Waals surface area contributed by atoms with E-state index in [1.807, 2.05) is 6.07 Å². The molecule has 3 aromatic rings. The molecule has 0 spiro atoms. The summed E-state index contributed by atoms with van der Waals surface area (Å²) in [5.74, 6) is 1.29. The quantitative estimate of drug-likeness (QED) is 0.740. The number of hydrogen-bond acceptors (Lipinski definition) is 6. The van der Waals surface area contributed by atoms with Crippen molar-refractivity contribution in [2.45, 2.75) is 0 Å². The van der Waals surface area contributed by atoms with Crippen molar-refractivity contribution in [3.8, 4) is 22.8 Å². The van der Waals surface area contributed by atoms with Crippen LogP contribution in [0.15, 0.2) is 36.5 Å². The van der Waals surface area contributed by atoms with Gasteiger partial charge in [-0.2, -0.15) is 0 Å². The molecule has 2 aromatic heterocycles. The first-order chi connectivity index (χ1) is 11.6. The molecule has 2 N–H and O–H groups in total.